The number of aryl methyl sites for hydroxylation is 1. The Morgan fingerprint density at radius 2 is 1.79 bits per heavy atom. The molecule has 0 unspecified atom stereocenters. The summed E-state index contributed by atoms with van der Waals surface area (Å²) in [5, 5.41) is 4.66. The molecule has 3 aromatic carbocycles. The van der Waals surface area contributed by atoms with Crippen molar-refractivity contribution in [3.63, 3.8) is 0 Å². The fourth-order valence-corrected chi connectivity index (χ4v) is 4.56. The first-order chi connectivity index (χ1) is 16.5. The number of fused-ring (bicyclic) bond motifs is 3. The second-order valence-corrected chi connectivity index (χ2v) is 9.27. The van der Waals surface area contributed by atoms with Crippen LogP contribution in [0.2, 0.25) is 5.02 Å². The summed E-state index contributed by atoms with van der Waals surface area (Å²) < 4.78 is 7.42. The molecule has 2 heterocycles. The van der Waals surface area contributed by atoms with Gasteiger partial charge in [-0.2, -0.15) is 0 Å². The summed E-state index contributed by atoms with van der Waals surface area (Å²) in [6, 6.07) is 22.3. The van der Waals surface area contributed by atoms with Gasteiger partial charge in [-0.15, -0.1) is 0 Å². The highest BCUT2D eigenvalue weighted by Crippen LogP contribution is 2.27. The SMILES string of the molecule is Cc1ccc(Cn2c(SCC(=O)Nc3ccc(Cl)cc3)nc3c(oc4ccccc43)c2=O)cc1. The molecule has 170 valence electrons. The van der Waals surface area contributed by atoms with Gasteiger partial charge in [0.05, 0.1) is 12.3 Å². The van der Waals surface area contributed by atoms with Crippen LogP contribution in [-0.2, 0) is 11.3 Å². The van der Waals surface area contributed by atoms with Crippen LogP contribution in [0, 0.1) is 6.92 Å². The average molecular weight is 490 g/mol. The molecule has 0 spiro atoms. The van der Waals surface area contributed by atoms with E-state index in [9.17, 15) is 9.59 Å². The van der Waals surface area contributed by atoms with E-state index in [1.165, 1.54) is 11.8 Å². The first-order valence-corrected chi connectivity index (χ1v) is 12.0. The number of furan rings is 1. The molecule has 34 heavy (non-hydrogen) atoms. The number of rotatable bonds is 6. The van der Waals surface area contributed by atoms with E-state index in [2.05, 4.69) is 5.32 Å². The van der Waals surface area contributed by atoms with Gasteiger partial charge in [0.2, 0.25) is 11.5 Å². The summed E-state index contributed by atoms with van der Waals surface area (Å²) in [6.45, 7) is 2.33. The normalized spacial score (nSPS) is 11.2. The van der Waals surface area contributed by atoms with Crippen molar-refractivity contribution < 1.29 is 9.21 Å². The molecule has 8 heteroatoms. The minimum Gasteiger partial charge on any atom is -0.448 e. The molecule has 0 atom stereocenters. The minimum absolute atomic E-state index is 0.0876. The summed E-state index contributed by atoms with van der Waals surface area (Å²) in [7, 11) is 0. The molecule has 2 aromatic heterocycles. The van der Waals surface area contributed by atoms with E-state index < -0.39 is 0 Å². The number of thioether (sulfide) groups is 1. The van der Waals surface area contributed by atoms with Crippen molar-refractivity contribution in [1.82, 2.24) is 9.55 Å². The number of para-hydroxylation sites is 1. The van der Waals surface area contributed by atoms with Gasteiger partial charge in [-0.1, -0.05) is 65.3 Å². The number of hydrogen-bond acceptors (Lipinski definition) is 5. The summed E-state index contributed by atoms with van der Waals surface area (Å²) in [5.41, 5.74) is 3.78. The molecule has 0 saturated heterocycles. The van der Waals surface area contributed by atoms with Crippen molar-refractivity contribution in [2.75, 3.05) is 11.1 Å². The number of nitrogens with zero attached hydrogens (tertiary/aromatic N) is 2. The van der Waals surface area contributed by atoms with Crippen LogP contribution in [0.15, 0.2) is 87.2 Å². The topological polar surface area (TPSA) is 77.1 Å². The van der Waals surface area contributed by atoms with Crippen molar-refractivity contribution in [3.8, 4) is 0 Å². The number of amides is 1. The highest BCUT2D eigenvalue weighted by atomic mass is 35.5. The molecule has 0 aliphatic rings. The van der Waals surface area contributed by atoms with Crippen LogP contribution in [0.3, 0.4) is 0 Å². The van der Waals surface area contributed by atoms with Gasteiger partial charge in [-0.25, -0.2) is 4.98 Å². The van der Waals surface area contributed by atoms with Crippen LogP contribution >= 0.6 is 23.4 Å². The fourth-order valence-electron chi connectivity index (χ4n) is 3.64. The van der Waals surface area contributed by atoms with Crippen LogP contribution in [0.25, 0.3) is 22.1 Å². The third-order valence-electron chi connectivity index (χ3n) is 5.37. The number of halogens is 1. The van der Waals surface area contributed by atoms with Crippen molar-refractivity contribution >= 4 is 57.0 Å². The molecule has 0 saturated carbocycles. The van der Waals surface area contributed by atoms with E-state index in [1.807, 2.05) is 55.5 Å². The van der Waals surface area contributed by atoms with Crippen LogP contribution < -0.4 is 10.9 Å². The molecule has 6 nitrogen and oxygen atoms in total. The summed E-state index contributed by atoms with van der Waals surface area (Å²) >= 11 is 7.12. The number of benzene rings is 3. The molecule has 0 radical (unpaired) electrons. The zero-order chi connectivity index (χ0) is 23.7. The predicted molar refractivity (Wildman–Crippen MR) is 137 cm³/mol. The monoisotopic (exact) mass is 489 g/mol. The summed E-state index contributed by atoms with van der Waals surface area (Å²) in [4.78, 5) is 30.8. The van der Waals surface area contributed by atoms with Gasteiger partial charge < -0.3 is 9.73 Å². The first-order valence-electron chi connectivity index (χ1n) is 10.6. The van der Waals surface area contributed by atoms with E-state index in [1.54, 1.807) is 28.8 Å². The molecule has 5 rings (SSSR count). The van der Waals surface area contributed by atoms with Crippen LogP contribution in [0.5, 0.6) is 0 Å². The van der Waals surface area contributed by atoms with Crippen LogP contribution in [0.1, 0.15) is 11.1 Å². The lowest BCUT2D eigenvalue weighted by molar-refractivity contribution is -0.113. The van der Waals surface area contributed by atoms with E-state index in [0.29, 0.717) is 33.5 Å². The highest BCUT2D eigenvalue weighted by Gasteiger charge is 2.19. The maximum atomic E-state index is 13.5. The van der Waals surface area contributed by atoms with Crippen molar-refractivity contribution in [2.24, 2.45) is 0 Å². The zero-order valence-electron chi connectivity index (χ0n) is 18.2. The fraction of sp³-hybridized carbons (Fsp3) is 0.115. The molecule has 0 bridgehead atoms. The van der Waals surface area contributed by atoms with Crippen LogP contribution in [0.4, 0.5) is 5.69 Å². The molecular weight excluding hydrogens is 470 g/mol. The van der Waals surface area contributed by atoms with E-state index in [4.69, 9.17) is 21.0 Å². The minimum atomic E-state index is -0.276. The summed E-state index contributed by atoms with van der Waals surface area (Å²) in [5.74, 6) is -0.120. The van der Waals surface area contributed by atoms with Gasteiger partial charge in [0.1, 0.15) is 11.1 Å². The van der Waals surface area contributed by atoms with Crippen molar-refractivity contribution in [1.29, 1.82) is 0 Å². The van der Waals surface area contributed by atoms with Crippen LogP contribution in [-0.4, -0.2) is 21.2 Å². The Hall–Kier alpha value is -3.55. The summed E-state index contributed by atoms with van der Waals surface area (Å²) in [6.07, 6.45) is 0. The Balaban J connectivity index is 1.50. The molecule has 0 aliphatic heterocycles. The van der Waals surface area contributed by atoms with Gasteiger partial charge >= 0.3 is 0 Å². The lowest BCUT2D eigenvalue weighted by Crippen LogP contribution is -2.24. The third kappa shape index (κ3) is 4.58. The molecule has 0 fully saturated rings. The molecule has 0 aliphatic carbocycles. The molecule has 5 aromatic rings. The zero-order valence-corrected chi connectivity index (χ0v) is 19.8. The molecule has 1 N–H and O–H groups in total. The Labute approximate surface area is 204 Å². The number of carbonyl (C=O) groups is 1. The van der Waals surface area contributed by atoms with E-state index in [-0.39, 0.29) is 22.8 Å². The lowest BCUT2D eigenvalue weighted by atomic mass is 10.1. The average Bonchev–Trinajstić information content (AvgIpc) is 3.21. The van der Waals surface area contributed by atoms with E-state index >= 15 is 0 Å². The Morgan fingerprint density at radius 1 is 1.06 bits per heavy atom. The number of nitrogens with one attached hydrogen (secondary N) is 1. The van der Waals surface area contributed by atoms with Gasteiger partial charge in [0, 0.05) is 16.1 Å². The van der Waals surface area contributed by atoms with Crippen molar-refractivity contribution in [3.05, 3.63) is 99.3 Å². The smallest absolute Gasteiger partial charge is 0.298 e. The van der Waals surface area contributed by atoms with Gasteiger partial charge in [-0.05, 0) is 48.9 Å². The lowest BCUT2D eigenvalue weighted by Gasteiger charge is -2.12. The number of aromatic nitrogens is 2. The molecule has 1 amide bonds. The van der Waals surface area contributed by atoms with E-state index in [0.717, 1.165) is 16.5 Å². The van der Waals surface area contributed by atoms with Gasteiger partial charge in [0.25, 0.3) is 5.56 Å². The maximum absolute atomic E-state index is 13.5. The second-order valence-electron chi connectivity index (χ2n) is 7.89. The Bertz CT molecular complexity index is 1560. The van der Waals surface area contributed by atoms with Crippen molar-refractivity contribution in [2.45, 2.75) is 18.6 Å². The number of carbonyl (C=O) groups excluding carboxylic acids is 1. The second kappa shape index (κ2) is 9.37. The van der Waals surface area contributed by atoms with Gasteiger partial charge in [0.15, 0.2) is 5.16 Å². The quantitative estimate of drug-likeness (QED) is 0.238. The standard InChI is InChI=1S/C26H20ClN3O3S/c1-16-6-8-17(9-7-16)14-30-25(32)24-23(20-4-2-3-5-21(20)33-24)29-26(30)34-15-22(31)28-19-12-10-18(27)11-13-19/h2-13H,14-15H2,1H3,(H,28,31). The number of hydrogen-bond donors (Lipinski definition) is 1. The van der Waals surface area contributed by atoms with Gasteiger partial charge in [-0.3, -0.25) is 14.2 Å². The largest absolute Gasteiger partial charge is 0.448 e. The number of anilines is 1. The predicted octanol–water partition coefficient (Wildman–Crippen LogP) is 5.88. The highest BCUT2D eigenvalue weighted by molar-refractivity contribution is 7.99. The first kappa shape index (κ1) is 22.3. The third-order valence-corrected chi connectivity index (χ3v) is 6.60. The maximum Gasteiger partial charge on any atom is 0.298 e. The Morgan fingerprint density at radius 3 is 2.56 bits per heavy atom. The Kier molecular flexibility index (Phi) is 6.13. The molecular formula is C26H20ClN3O3S.